The van der Waals surface area contributed by atoms with Crippen molar-refractivity contribution in [3.63, 3.8) is 0 Å². The van der Waals surface area contributed by atoms with E-state index in [0.29, 0.717) is 17.1 Å². The van der Waals surface area contributed by atoms with Gasteiger partial charge in [-0.3, -0.25) is 4.79 Å². The number of anilines is 3. The maximum absolute atomic E-state index is 12.2. The van der Waals surface area contributed by atoms with Gasteiger partial charge in [-0.05, 0) is 48.6 Å². The average Bonchev–Trinajstić information content (AvgIpc) is 2.47. The highest BCUT2D eigenvalue weighted by molar-refractivity contribution is 7.80. The van der Waals surface area contributed by atoms with Gasteiger partial charge in [-0.25, -0.2) is 0 Å². The molecular formula is C16H14F3N3O2S. The first-order valence-electron chi connectivity index (χ1n) is 7.03. The molecule has 1 amide bonds. The van der Waals surface area contributed by atoms with Crippen molar-refractivity contribution in [3.05, 3.63) is 48.5 Å². The van der Waals surface area contributed by atoms with Gasteiger partial charge in [-0.1, -0.05) is 6.07 Å². The number of carbonyl (C=O) groups excluding carboxylic acids is 1. The van der Waals surface area contributed by atoms with E-state index in [9.17, 15) is 18.0 Å². The number of alkyl halides is 3. The Hall–Kier alpha value is -2.81. The molecule has 2 aromatic carbocycles. The number of rotatable bonds is 4. The van der Waals surface area contributed by atoms with E-state index in [0.717, 1.165) is 0 Å². The number of thiocarbonyl (C=S) groups is 1. The summed E-state index contributed by atoms with van der Waals surface area (Å²) in [7, 11) is 0. The summed E-state index contributed by atoms with van der Waals surface area (Å²) in [5.41, 5.74) is 1.62. The van der Waals surface area contributed by atoms with Crippen LogP contribution in [0.25, 0.3) is 0 Å². The van der Waals surface area contributed by atoms with Crippen LogP contribution in [-0.4, -0.2) is 17.4 Å². The standard InChI is InChI=1S/C16H14F3N3O2S/c1-10(23)20-11-5-7-12(8-6-11)21-15(25)22-13-3-2-4-14(9-13)24-16(17,18)19/h2-9H,1H3,(H,20,23)(H2,21,22,25). The molecule has 0 bridgehead atoms. The van der Waals surface area contributed by atoms with Gasteiger partial charge in [-0.15, -0.1) is 13.2 Å². The van der Waals surface area contributed by atoms with Crippen molar-refractivity contribution in [1.29, 1.82) is 0 Å². The first-order valence-corrected chi connectivity index (χ1v) is 7.43. The fourth-order valence-electron chi connectivity index (χ4n) is 1.90. The third kappa shape index (κ3) is 6.68. The minimum Gasteiger partial charge on any atom is -0.406 e. The van der Waals surface area contributed by atoms with Crippen molar-refractivity contribution in [3.8, 4) is 5.75 Å². The zero-order valence-electron chi connectivity index (χ0n) is 13.0. The van der Waals surface area contributed by atoms with Crippen LogP contribution in [0.15, 0.2) is 48.5 Å². The summed E-state index contributed by atoms with van der Waals surface area (Å²) in [6, 6.07) is 12.1. The fourth-order valence-corrected chi connectivity index (χ4v) is 2.14. The smallest absolute Gasteiger partial charge is 0.406 e. The number of hydrogen-bond acceptors (Lipinski definition) is 3. The second-order valence-electron chi connectivity index (χ2n) is 4.91. The molecule has 0 aromatic heterocycles. The maximum Gasteiger partial charge on any atom is 0.573 e. The van der Waals surface area contributed by atoms with E-state index in [1.165, 1.54) is 25.1 Å². The lowest BCUT2D eigenvalue weighted by molar-refractivity contribution is -0.274. The highest BCUT2D eigenvalue weighted by atomic mass is 32.1. The van der Waals surface area contributed by atoms with Gasteiger partial charge in [0.15, 0.2) is 5.11 Å². The molecule has 0 atom stereocenters. The highest BCUT2D eigenvalue weighted by Crippen LogP contribution is 2.25. The quantitative estimate of drug-likeness (QED) is 0.700. The first-order chi connectivity index (χ1) is 11.7. The molecule has 2 aromatic rings. The Bertz CT molecular complexity index is 764. The van der Waals surface area contributed by atoms with Gasteiger partial charge >= 0.3 is 6.36 Å². The van der Waals surface area contributed by atoms with Gasteiger partial charge in [0.05, 0.1) is 0 Å². The van der Waals surface area contributed by atoms with Crippen LogP contribution in [0.3, 0.4) is 0 Å². The zero-order valence-corrected chi connectivity index (χ0v) is 13.8. The number of nitrogens with one attached hydrogen (secondary N) is 3. The predicted octanol–water partition coefficient (Wildman–Crippen LogP) is 4.35. The van der Waals surface area contributed by atoms with Crippen molar-refractivity contribution in [2.24, 2.45) is 0 Å². The Kier molecular flexibility index (Phi) is 5.81. The number of amides is 1. The van der Waals surface area contributed by atoms with Crippen LogP contribution in [0.4, 0.5) is 30.2 Å². The van der Waals surface area contributed by atoms with E-state index >= 15 is 0 Å². The lowest BCUT2D eigenvalue weighted by atomic mass is 10.3. The monoisotopic (exact) mass is 369 g/mol. The molecule has 25 heavy (non-hydrogen) atoms. The molecule has 9 heteroatoms. The Labute approximate surface area is 147 Å². The van der Waals surface area contributed by atoms with E-state index in [1.54, 1.807) is 30.3 Å². The third-order valence-corrected chi connectivity index (χ3v) is 2.99. The lowest BCUT2D eigenvalue weighted by Crippen LogP contribution is -2.20. The van der Waals surface area contributed by atoms with Gasteiger partial charge in [0.2, 0.25) is 5.91 Å². The van der Waals surface area contributed by atoms with Crippen molar-refractivity contribution < 1.29 is 22.7 Å². The molecule has 5 nitrogen and oxygen atoms in total. The Morgan fingerprint density at radius 1 is 0.960 bits per heavy atom. The fraction of sp³-hybridized carbons (Fsp3) is 0.125. The summed E-state index contributed by atoms with van der Waals surface area (Å²) in [6.07, 6.45) is -4.76. The molecule has 3 N–H and O–H groups in total. The second-order valence-corrected chi connectivity index (χ2v) is 5.32. The summed E-state index contributed by atoms with van der Waals surface area (Å²) in [5.74, 6) is -0.529. The van der Waals surface area contributed by atoms with Gasteiger partial charge in [0, 0.05) is 30.1 Å². The topological polar surface area (TPSA) is 62.4 Å². The number of hydrogen-bond donors (Lipinski definition) is 3. The van der Waals surface area contributed by atoms with E-state index < -0.39 is 6.36 Å². The largest absolute Gasteiger partial charge is 0.573 e. The number of halogens is 3. The van der Waals surface area contributed by atoms with E-state index in [2.05, 4.69) is 20.7 Å². The molecule has 0 saturated heterocycles. The van der Waals surface area contributed by atoms with Gasteiger partial charge in [-0.2, -0.15) is 0 Å². The number of carbonyl (C=O) groups is 1. The molecule has 0 spiro atoms. The van der Waals surface area contributed by atoms with Crippen LogP contribution in [0, 0.1) is 0 Å². The highest BCUT2D eigenvalue weighted by Gasteiger charge is 2.31. The van der Waals surface area contributed by atoms with E-state index in [-0.39, 0.29) is 16.8 Å². The van der Waals surface area contributed by atoms with Crippen LogP contribution >= 0.6 is 12.2 Å². The summed E-state index contributed by atoms with van der Waals surface area (Å²) in [4.78, 5) is 11.0. The van der Waals surface area contributed by atoms with Crippen molar-refractivity contribution in [2.45, 2.75) is 13.3 Å². The van der Waals surface area contributed by atoms with Crippen molar-refractivity contribution in [1.82, 2.24) is 0 Å². The SMILES string of the molecule is CC(=O)Nc1ccc(NC(=S)Nc2cccc(OC(F)(F)F)c2)cc1. The predicted molar refractivity (Wildman–Crippen MR) is 93.7 cm³/mol. The van der Waals surface area contributed by atoms with Gasteiger partial charge in [0.25, 0.3) is 0 Å². The molecule has 0 fully saturated rings. The second kappa shape index (κ2) is 7.84. The molecule has 132 valence electrons. The molecule has 0 aliphatic carbocycles. The van der Waals surface area contributed by atoms with E-state index in [4.69, 9.17) is 12.2 Å². The van der Waals surface area contributed by atoms with E-state index in [1.807, 2.05) is 0 Å². The van der Waals surface area contributed by atoms with Crippen LogP contribution in [0.5, 0.6) is 5.75 Å². The lowest BCUT2D eigenvalue weighted by Gasteiger charge is -2.13. The Balaban J connectivity index is 1.96. The van der Waals surface area contributed by atoms with Gasteiger partial charge < -0.3 is 20.7 Å². The normalized spacial score (nSPS) is 10.7. The molecule has 0 aliphatic heterocycles. The van der Waals surface area contributed by atoms with Crippen LogP contribution < -0.4 is 20.7 Å². The average molecular weight is 369 g/mol. The first kappa shape index (κ1) is 18.5. The minimum atomic E-state index is -4.76. The Morgan fingerprint density at radius 2 is 1.52 bits per heavy atom. The molecular weight excluding hydrogens is 355 g/mol. The molecule has 2 rings (SSSR count). The summed E-state index contributed by atoms with van der Waals surface area (Å²) in [5, 5.41) is 8.47. The molecule has 0 saturated carbocycles. The van der Waals surface area contributed by atoms with Gasteiger partial charge in [0.1, 0.15) is 5.75 Å². The molecule has 0 radical (unpaired) electrons. The van der Waals surface area contributed by atoms with Crippen LogP contribution in [0.2, 0.25) is 0 Å². The zero-order chi connectivity index (χ0) is 18.4. The number of ether oxygens (including phenoxy) is 1. The summed E-state index contributed by atoms with van der Waals surface area (Å²) in [6.45, 7) is 1.40. The minimum absolute atomic E-state index is 0.182. The van der Waals surface area contributed by atoms with Crippen molar-refractivity contribution in [2.75, 3.05) is 16.0 Å². The summed E-state index contributed by atoms with van der Waals surface area (Å²) < 4.78 is 40.5. The summed E-state index contributed by atoms with van der Waals surface area (Å²) >= 11 is 5.12. The van der Waals surface area contributed by atoms with Crippen LogP contribution in [-0.2, 0) is 4.79 Å². The maximum atomic E-state index is 12.2. The molecule has 0 aliphatic rings. The Morgan fingerprint density at radius 3 is 2.08 bits per heavy atom. The number of benzene rings is 2. The molecule has 0 unspecified atom stereocenters. The van der Waals surface area contributed by atoms with Crippen molar-refractivity contribution >= 4 is 40.3 Å². The third-order valence-electron chi connectivity index (χ3n) is 2.79. The van der Waals surface area contributed by atoms with Crippen LogP contribution in [0.1, 0.15) is 6.92 Å². The molecule has 0 heterocycles.